The van der Waals surface area contributed by atoms with Crippen molar-refractivity contribution in [2.45, 2.75) is 63.1 Å². The minimum Gasteiger partial charge on any atom is -0.353 e. The fourth-order valence-electron chi connectivity index (χ4n) is 4.33. The van der Waals surface area contributed by atoms with Gasteiger partial charge in [0.15, 0.2) is 0 Å². The molecule has 2 saturated heterocycles. The number of aromatic nitrogens is 2. The lowest BCUT2D eigenvalue weighted by Crippen LogP contribution is -2.28. The third kappa shape index (κ3) is 2.06. The predicted octanol–water partition coefficient (Wildman–Crippen LogP) is 2.65. The van der Waals surface area contributed by atoms with Crippen LogP contribution in [0.1, 0.15) is 51.0 Å². The molecule has 4 nitrogen and oxygen atoms in total. The standard InChI is InChI=1S/C15H24N4/c1-2-5-12(4-1)17-15-16-8-11-19(15)14-7-10-18-9-3-6-13(14)18/h8,11-14H,1-7,9-10H2,(H,16,17). The molecule has 1 aromatic heterocycles. The van der Waals surface area contributed by atoms with E-state index in [1.165, 1.54) is 58.0 Å². The summed E-state index contributed by atoms with van der Waals surface area (Å²) in [6, 6.07) is 2.06. The molecule has 104 valence electrons. The van der Waals surface area contributed by atoms with Gasteiger partial charge in [-0.15, -0.1) is 0 Å². The molecule has 2 atom stereocenters. The number of anilines is 1. The molecule has 3 fully saturated rings. The molecule has 3 aliphatic rings. The molecule has 19 heavy (non-hydrogen) atoms. The molecule has 1 aromatic rings. The number of imidazole rings is 1. The Bertz CT molecular complexity index is 435. The molecule has 4 rings (SSSR count). The Morgan fingerprint density at radius 1 is 1.00 bits per heavy atom. The topological polar surface area (TPSA) is 33.1 Å². The maximum absolute atomic E-state index is 4.57. The van der Waals surface area contributed by atoms with Gasteiger partial charge in [-0.1, -0.05) is 12.8 Å². The van der Waals surface area contributed by atoms with Crippen molar-refractivity contribution < 1.29 is 0 Å². The van der Waals surface area contributed by atoms with E-state index in [1.54, 1.807) is 0 Å². The summed E-state index contributed by atoms with van der Waals surface area (Å²) < 4.78 is 2.42. The lowest BCUT2D eigenvalue weighted by Gasteiger charge is -2.24. The van der Waals surface area contributed by atoms with E-state index >= 15 is 0 Å². The minimum absolute atomic E-state index is 0.647. The summed E-state index contributed by atoms with van der Waals surface area (Å²) >= 11 is 0. The molecule has 4 heteroatoms. The van der Waals surface area contributed by atoms with Crippen LogP contribution >= 0.6 is 0 Å². The summed E-state index contributed by atoms with van der Waals surface area (Å²) in [4.78, 5) is 7.24. The molecule has 3 heterocycles. The van der Waals surface area contributed by atoms with Gasteiger partial charge in [0.05, 0.1) is 6.04 Å². The van der Waals surface area contributed by atoms with Crippen molar-refractivity contribution in [1.82, 2.24) is 14.5 Å². The summed E-state index contributed by atoms with van der Waals surface area (Å²) in [6.45, 7) is 2.58. The molecule has 1 N–H and O–H groups in total. The van der Waals surface area contributed by atoms with Crippen molar-refractivity contribution >= 4 is 5.95 Å². The van der Waals surface area contributed by atoms with Crippen LogP contribution in [-0.2, 0) is 0 Å². The molecular weight excluding hydrogens is 236 g/mol. The Kier molecular flexibility index (Phi) is 2.98. The average Bonchev–Trinajstić information content (AvgIpc) is 3.12. The molecule has 2 unspecified atom stereocenters. The van der Waals surface area contributed by atoms with Crippen molar-refractivity contribution in [3.8, 4) is 0 Å². The van der Waals surface area contributed by atoms with Crippen LogP contribution in [-0.4, -0.2) is 39.6 Å². The van der Waals surface area contributed by atoms with E-state index in [4.69, 9.17) is 0 Å². The van der Waals surface area contributed by atoms with Crippen LogP contribution in [0.25, 0.3) is 0 Å². The Labute approximate surface area is 115 Å². The first kappa shape index (κ1) is 11.8. The van der Waals surface area contributed by atoms with Gasteiger partial charge in [-0.3, -0.25) is 4.90 Å². The van der Waals surface area contributed by atoms with Crippen LogP contribution in [0.5, 0.6) is 0 Å². The first-order valence-electron chi connectivity index (χ1n) is 7.95. The zero-order valence-electron chi connectivity index (χ0n) is 11.6. The SMILES string of the molecule is c1cn(C2CCN3CCCC23)c(NC2CCCC2)n1. The molecule has 0 spiro atoms. The van der Waals surface area contributed by atoms with Crippen LogP contribution in [0.2, 0.25) is 0 Å². The predicted molar refractivity (Wildman–Crippen MR) is 76.4 cm³/mol. The molecule has 0 bridgehead atoms. The van der Waals surface area contributed by atoms with Gasteiger partial charge in [-0.05, 0) is 38.6 Å². The Balaban J connectivity index is 1.53. The third-order valence-corrected chi connectivity index (χ3v) is 5.28. The lowest BCUT2D eigenvalue weighted by molar-refractivity contribution is 0.291. The van der Waals surface area contributed by atoms with Crippen LogP contribution in [0, 0.1) is 0 Å². The maximum Gasteiger partial charge on any atom is 0.203 e. The van der Waals surface area contributed by atoms with Gasteiger partial charge >= 0.3 is 0 Å². The number of nitrogens with one attached hydrogen (secondary N) is 1. The highest BCUT2D eigenvalue weighted by Crippen LogP contribution is 2.37. The fraction of sp³-hybridized carbons (Fsp3) is 0.800. The van der Waals surface area contributed by atoms with Gasteiger partial charge in [0.25, 0.3) is 0 Å². The fourth-order valence-corrected chi connectivity index (χ4v) is 4.33. The largest absolute Gasteiger partial charge is 0.353 e. The Morgan fingerprint density at radius 2 is 1.89 bits per heavy atom. The number of hydrogen-bond acceptors (Lipinski definition) is 3. The highest BCUT2D eigenvalue weighted by Gasteiger charge is 2.38. The number of hydrogen-bond donors (Lipinski definition) is 1. The normalized spacial score (nSPS) is 32.0. The van der Waals surface area contributed by atoms with E-state index < -0.39 is 0 Å². The number of fused-ring (bicyclic) bond motifs is 1. The van der Waals surface area contributed by atoms with Gasteiger partial charge in [-0.25, -0.2) is 4.98 Å². The van der Waals surface area contributed by atoms with Gasteiger partial charge in [0.2, 0.25) is 5.95 Å². The van der Waals surface area contributed by atoms with Gasteiger partial charge < -0.3 is 9.88 Å². The minimum atomic E-state index is 0.647. The first-order valence-corrected chi connectivity index (χ1v) is 7.95. The Morgan fingerprint density at radius 3 is 2.79 bits per heavy atom. The summed E-state index contributed by atoms with van der Waals surface area (Å²) in [5.74, 6) is 1.12. The Hall–Kier alpha value is -1.03. The summed E-state index contributed by atoms with van der Waals surface area (Å²) in [5, 5.41) is 3.68. The second-order valence-corrected chi connectivity index (χ2v) is 6.39. The molecule has 0 amide bonds. The van der Waals surface area contributed by atoms with Gasteiger partial charge in [-0.2, -0.15) is 0 Å². The molecule has 2 aliphatic heterocycles. The van der Waals surface area contributed by atoms with E-state index in [0.29, 0.717) is 12.1 Å². The van der Waals surface area contributed by atoms with Crippen LogP contribution in [0.15, 0.2) is 12.4 Å². The van der Waals surface area contributed by atoms with Crippen molar-refractivity contribution in [3.05, 3.63) is 12.4 Å². The zero-order chi connectivity index (χ0) is 12.7. The van der Waals surface area contributed by atoms with E-state index in [-0.39, 0.29) is 0 Å². The van der Waals surface area contributed by atoms with E-state index in [9.17, 15) is 0 Å². The first-order chi connectivity index (χ1) is 9.42. The zero-order valence-corrected chi connectivity index (χ0v) is 11.6. The summed E-state index contributed by atoms with van der Waals surface area (Å²) in [5.41, 5.74) is 0. The van der Waals surface area contributed by atoms with Crippen LogP contribution in [0.4, 0.5) is 5.95 Å². The molecule has 0 radical (unpaired) electrons. The smallest absolute Gasteiger partial charge is 0.203 e. The monoisotopic (exact) mass is 260 g/mol. The highest BCUT2D eigenvalue weighted by molar-refractivity contribution is 5.29. The van der Waals surface area contributed by atoms with E-state index in [2.05, 4.69) is 26.0 Å². The van der Waals surface area contributed by atoms with Crippen LogP contribution in [0.3, 0.4) is 0 Å². The molecule has 1 aliphatic carbocycles. The second kappa shape index (κ2) is 4.82. The number of rotatable bonds is 3. The van der Waals surface area contributed by atoms with Crippen molar-refractivity contribution in [2.24, 2.45) is 0 Å². The van der Waals surface area contributed by atoms with E-state index in [0.717, 1.165) is 12.0 Å². The second-order valence-electron chi connectivity index (χ2n) is 6.39. The molecular formula is C15H24N4. The lowest BCUT2D eigenvalue weighted by atomic mass is 10.1. The van der Waals surface area contributed by atoms with E-state index in [1.807, 2.05) is 6.20 Å². The molecule has 0 aromatic carbocycles. The van der Waals surface area contributed by atoms with Crippen LogP contribution < -0.4 is 5.32 Å². The number of nitrogens with zero attached hydrogens (tertiary/aromatic N) is 3. The maximum atomic E-state index is 4.57. The highest BCUT2D eigenvalue weighted by atomic mass is 15.3. The van der Waals surface area contributed by atoms with Gasteiger partial charge in [0, 0.05) is 31.0 Å². The van der Waals surface area contributed by atoms with Gasteiger partial charge in [0.1, 0.15) is 0 Å². The van der Waals surface area contributed by atoms with Crippen molar-refractivity contribution in [3.63, 3.8) is 0 Å². The van der Waals surface area contributed by atoms with Crippen molar-refractivity contribution in [1.29, 1.82) is 0 Å². The quantitative estimate of drug-likeness (QED) is 0.907. The van der Waals surface area contributed by atoms with Crippen molar-refractivity contribution in [2.75, 3.05) is 18.4 Å². The summed E-state index contributed by atoms with van der Waals surface area (Å²) in [6.07, 6.45) is 13.6. The molecule has 1 saturated carbocycles. The third-order valence-electron chi connectivity index (χ3n) is 5.28. The average molecular weight is 260 g/mol. The summed E-state index contributed by atoms with van der Waals surface area (Å²) in [7, 11) is 0.